The van der Waals surface area contributed by atoms with Crippen molar-refractivity contribution < 1.29 is 9.59 Å². The van der Waals surface area contributed by atoms with Gasteiger partial charge < -0.3 is 9.80 Å². The van der Waals surface area contributed by atoms with E-state index in [2.05, 4.69) is 23.8 Å². The van der Waals surface area contributed by atoms with Crippen LogP contribution in [0, 0.1) is 18.3 Å². The van der Waals surface area contributed by atoms with Gasteiger partial charge in [0.15, 0.2) is 0 Å². The van der Waals surface area contributed by atoms with Crippen molar-refractivity contribution in [2.75, 3.05) is 39.3 Å². The zero-order chi connectivity index (χ0) is 19.3. The van der Waals surface area contributed by atoms with Crippen LogP contribution in [-0.4, -0.2) is 81.6 Å². The van der Waals surface area contributed by atoms with Gasteiger partial charge in [-0.15, -0.1) is 0 Å². The molecule has 3 fully saturated rings. The van der Waals surface area contributed by atoms with Crippen molar-refractivity contribution in [2.45, 2.75) is 39.7 Å². The highest BCUT2D eigenvalue weighted by molar-refractivity contribution is 5.94. The van der Waals surface area contributed by atoms with Crippen LogP contribution in [-0.2, 0) is 11.8 Å². The lowest BCUT2D eigenvalue weighted by molar-refractivity contribution is -0.141. The number of amides is 2. The minimum Gasteiger partial charge on any atom is -0.342 e. The number of hydrogen-bond donors (Lipinski definition) is 0. The van der Waals surface area contributed by atoms with Gasteiger partial charge in [-0.3, -0.25) is 19.2 Å². The summed E-state index contributed by atoms with van der Waals surface area (Å²) in [4.78, 5) is 33.0. The highest BCUT2D eigenvalue weighted by Crippen LogP contribution is 2.45. The summed E-state index contributed by atoms with van der Waals surface area (Å²) in [6.07, 6.45) is 2.19. The maximum atomic E-state index is 13.5. The molecule has 2 amide bonds. The molecule has 0 unspecified atom stereocenters. The summed E-state index contributed by atoms with van der Waals surface area (Å²) in [5, 5.41) is 4.31. The van der Waals surface area contributed by atoms with Gasteiger partial charge in [0.2, 0.25) is 5.91 Å². The molecule has 3 aliphatic heterocycles. The fourth-order valence-electron chi connectivity index (χ4n) is 5.16. The number of hydrogen-bond acceptors (Lipinski definition) is 4. The Morgan fingerprint density at radius 2 is 1.85 bits per heavy atom. The Hall–Kier alpha value is -1.89. The first-order valence-electron chi connectivity index (χ1n) is 10.1. The van der Waals surface area contributed by atoms with Crippen molar-refractivity contribution in [2.24, 2.45) is 18.4 Å². The number of rotatable bonds is 3. The van der Waals surface area contributed by atoms with Gasteiger partial charge in [0, 0.05) is 58.3 Å². The fourth-order valence-corrected chi connectivity index (χ4v) is 5.16. The van der Waals surface area contributed by atoms with Crippen molar-refractivity contribution >= 4 is 11.8 Å². The molecule has 7 heteroatoms. The number of carbonyl (C=O) groups excluding carboxylic acids is 2. The monoisotopic (exact) mass is 373 g/mol. The molecule has 1 aromatic heterocycles. The smallest absolute Gasteiger partial charge is 0.272 e. The molecule has 4 heterocycles. The van der Waals surface area contributed by atoms with Crippen LogP contribution in [0.2, 0.25) is 0 Å². The number of fused-ring (bicyclic) bond motifs is 1. The summed E-state index contributed by atoms with van der Waals surface area (Å²) in [6, 6.07) is 2.26. The van der Waals surface area contributed by atoms with Crippen LogP contribution in [0.1, 0.15) is 42.9 Å². The highest BCUT2D eigenvalue weighted by atomic mass is 16.2. The number of likely N-dealkylation sites (tertiary alicyclic amines) is 3. The molecule has 148 valence electrons. The second-order valence-corrected chi connectivity index (χ2v) is 8.86. The van der Waals surface area contributed by atoms with Crippen LogP contribution in [0.25, 0.3) is 0 Å². The van der Waals surface area contributed by atoms with E-state index in [-0.39, 0.29) is 17.7 Å². The van der Waals surface area contributed by atoms with E-state index in [1.165, 1.54) is 0 Å². The van der Waals surface area contributed by atoms with Crippen LogP contribution in [0.15, 0.2) is 6.07 Å². The van der Waals surface area contributed by atoms with Crippen molar-refractivity contribution in [1.82, 2.24) is 24.5 Å². The Kier molecular flexibility index (Phi) is 4.53. The number of aromatic nitrogens is 2. The molecule has 2 atom stereocenters. The largest absolute Gasteiger partial charge is 0.342 e. The first-order valence-corrected chi connectivity index (χ1v) is 10.1. The fraction of sp³-hybridized carbons (Fsp3) is 0.750. The molecule has 0 radical (unpaired) electrons. The zero-order valence-corrected chi connectivity index (χ0v) is 16.9. The third-order valence-corrected chi connectivity index (χ3v) is 6.69. The molecule has 0 aromatic carbocycles. The second kappa shape index (κ2) is 6.62. The summed E-state index contributed by atoms with van der Waals surface area (Å²) in [5.41, 5.74) is 1.00. The van der Waals surface area contributed by atoms with Gasteiger partial charge in [0.25, 0.3) is 5.91 Å². The topological polar surface area (TPSA) is 61.7 Å². The van der Waals surface area contributed by atoms with Crippen LogP contribution >= 0.6 is 0 Å². The summed E-state index contributed by atoms with van der Waals surface area (Å²) in [7, 11) is 1.81. The van der Waals surface area contributed by atoms with Crippen LogP contribution in [0.3, 0.4) is 0 Å². The zero-order valence-electron chi connectivity index (χ0n) is 16.9. The lowest BCUT2D eigenvalue weighted by Gasteiger charge is -2.33. The minimum atomic E-state index is -0.447. The SMILES string of the molecule is Cc1cc(C(=O)N2C[C@@H]3CN(C(C)C)C[C@]3(C(=O)N3CCCC3)C2)n(C)n1. The predicted octanol–water partition coefficient (Wildman–Crippen LogP) is 1.13. The molecule has 0 bridgehead atoms. The van der Waals surface area contributed by atoms with E-state index in [1.807, 2.05) is 29.8 Å². The summed E-state index contributed by atoms with van der Waals surface area (Å²) < 4.78 is 1.65. The van der Waals surface area contributed by atoms with Gasteiger partial charge in [-0.25, -0.2) is 0 Å². The molecule has 4 rings (SSSR count). The molecule has 0 aliphatic carbocycles. The Labute approximate surface area is 161 Å². The highest BCUT2D eigenvalue weighted by Gasteiger charge is 2.59. The van der Waals surface area contributed by atoms with Crippen molar-refractivity contribution in [3.05, 3.63) is 17.5 Å². The number of aryl methyl sites for hydroxylation is 2. The average Bonchev–Trinajstić information content (AvgIpc) is 3.35. The second-order valence-electron chi connectivity index (χ2n) is 8.86. The predicted molar refractivity (Wildman–Crippen MR) is 102 cm³/mol. The summed E-state index contributed by atoms with van der Waals surface area (Å²) in [6.45, 7) is 10.9. The van der Waals surface area contributed by atoms with Crippen LogP contribution in [0.5, 0.6) is 0 Å². The van der Waals surface area contributed by atoms with Gasteiger partial charge in [0.1, 0.15) is 5.69 Å². The Morgan fingerprint density at radius 3 is 2.44 bits per heavy atom. The number of nitrogens with zero attached hydrogens (tertiary/aromatic N) is 5. The molecule has 7 nitrogen and oxygen atoms in total. The van der Waals surface area contributed by atoms with Crippen LogP contribution in [0.4, 0.5) is 0 Å². The van der Waals surface area contributed by atoms with Gasteiger partial charge in [-0.05, 0) is 39.7 Å². The quantitative estimate of drug-likeness (QED) is 0.797. The lowest BCUT2D eigenvalue weighted by Crippen LogP contribution is -2.49. The lowest BCUT2D eigenvalue weighted by atomic mass is 9.79. The Balaban J connectivity index is 1.61. The van der Waals surface area contributed by atoms with E-state index in [0.29, 0.717) is 24.8 Å². The molecular weight excluding hydrogens is 342 g/mol. The van der Waals surface area contributed by atoms with E-state index in [1.54, 1.807) is 4.68 Å². The van der Waals surface area contributed by atoms with E-state index in [9.17, 15) is 9.59 Å². The molecular formula is C20H31N5O2. The molecule has 0 saturated carbocycles. The maximum Gasteiger partial charge on any atom is 0.272 e. The van der Waals surface area contributed by atoms with E-state index in [0.717, 1.165) is 44.7 Å². The number of carbonyl (C=O) groups is 2. The minimum absolute atomic E-state index is 0.00260. The summed E-state index contributed by atoms with van der Waals surface area (Å²) in [5.74, 6) is 0.480. The molecule has 27 heavy (non-hydrogen) atoms. The average molecular weight is 374 g/mol. The molecule has 3 aliphatic rings. The van der Waals surface area contributed by atoms with Gasteiger partial charge in [-0.2, -0.15) is 5.10 Å². The van der Waals surface area contributed by atoms with Gasteiger partial charge >= 0.3 is 0 Å². The van der Waals surface area contributed by atoms with Crippen LogP contribution < -0.4 is 0 Å². The van der Waals surface area contributed by atoms with Gasteiger partial charge in [0.05, 0.1) is 11.1 Å². The van der Waals surface area contributed by atoms with Crippen molar-refractivity contribution in [3.8, 4) is 0 Å². The third kappa shape index (κ3) is 2.96. The van der Waals surface area contributed by atoms with Crippen molar-refractivity contribution in [1.29, 1.82) is 0 Å². The maximum absolute atomic E-state index is 13.5. The molecule has 1 aromatic rings. The van der Waals surface area contributed by atoms with E-state index < -0.39 is 5.41 Å². The van der Waals surface area contributed by atoms with E-state index >= 15 is 0 Å². The van der Waals surface area contributed by atoms with Crippen molar-refractivity contribution in [3.63, 3.8) is 0 Å². The van der Waals surface area contributed by atoms with Gasteiger partial charge in [-0.1, -0.05) is 0 Å². The third-order valence-electron chi connectivity index (χ3n) is 6.69. The first-order chi connectivity index (χ1) is 12.8. The normalized spacial score (nSPS) is 28.4. The summed E-state index contributed by atoms with van der Waals surface area (Å²) >= 11 is 0. The molecule has 0 N–H and O–H groups in total. The Bertz CT molecular complexity index is 752. The standard InChI is InChI=1S/C20H31N5O2/c1-14(2)24-10-16-11-25(18(26)17-9-15(3)21-22(17)4)13-20(16,12-24)19(27)23-7-5-6-8-23/h9,14,16H,5-8,10-13H2,1-4H3/t16-,20-/m0/s1. The Morgan fingerprint density at radius 1 is 1.15 bits per heavy atom. The van der Waals surface area contributed by atoms with E-state index in [4.69, 9.17) is 0 Å². The first kappa shape index (κ1) is 18.5. The molecule has 0 spiro atoms. The molecule has 3 saturated heterocycles.